The lowest BCUT2D eigenvalue weighted by Crippen LogP contribution is -2.15. The van der Waals surface area contributed by atoms with Crippen LogP contribution in [0.3, 0.4) is 0 Å². The van der Waals surface area contributed by atoms with Crippen molar-refractivity contribution in [2.24, 2.45) is 0 Å². The van der Waals surface area contributed by atoms with Crippen LogP contribution in [0.2, 0.25) is 0 Å². The van der Waals surface area contributed by atoms with Crippen molar-refractivity contribution in [1.82, 2.24) is 4.98 Å². The zero-order valence-corrected chi connectivity index (χ0v) is 16.7. The lowest BCUT2D eigenvalue weighted by molar-refractivity contribution is 0.0698. The van der Waals surface area contributed by atoms with Crippen molar-refractivity contribution in [2.45, 2.75) is 38.5 Å². The highest BCUT2D eigenvalue weighted by atomic mass is 16.4. The number of nitrogens with zero attached hydrogens (tertiary/aromatic N) is 1. The van der Waals surface area contributed by atoms with Gasteiger partial charge in [0.15, 0.2) is 0 Å². The number of carboxylic acids is 1. The van der Waals surface area contributed by atoms with Crippen molar-refractivity contribution in [1.29, 1.82) is 0 Å². The minimum absolute atomic E-state index is 0.267. The van der Waals surface area contributed by atoms with Gasteiger partial charge in [0.2, 0.25) is 0 Å². The molecule has 4 heteroatoms. The van der Waals surface area contributed by atoms with Crippen LogP contribution in [0.25, 0.3) is 11.1 Å². The summed E-state index contributed by atoms with van der Waals surface area (Å²) in [6.07, 6.45) is 7.68. The van der Waals surface area contributed by atoms with Gasteiger partial charge in [0.1, 0.15) is 0 Å². The molecule has 0 fully saturated rings. The Labute approximate surface area is 171 Å². The molecular weight excluding hydrogens is 360 g/mol. The molecule has 3 aromatic rings. The summed E-state index contributed by atoms with van der Waals surface area (Å²) in [6, 6.07) is 16.9. The van der Waals surface area contributed by atoms with Crippen molar-refractivity contribution < 1.29 is 9.90 Å². The minimum Gasteiger partial charge on any atom is -0.478 e. The third kappa shape index (κ3) is 4.16. The molecule has 1 unspecified atom stereocenters. The molecule has 148 valence electrons. The molecule has 1 heterocycles. The number of benzene rings is 2. The highest BCUT2D eigenvalue weighted by molar-refractivity contribution is 5.93. The van der Waals surface area contributed by atoms with Crippen LogP contribution in [0, 0.1) is 6.92 Å². The van der Waals surface area contributed by atoms with E-state index in [0.717, 1.165) is 12.8 Å². The van der Waals surface area contributed by atoms with E-state index in [9.17, 15) is 9.90 Å². The maximum absolute atomic E-state index is 11.5. The number of pyridine rings is 1. The number of aryl methyl sites for hydroxylation is 2. The number of aromatic carboxylic acids is 1. The summed E-state index contributed by atoms with van der Waals surface area (Å²) in [7, 11) is 0. The van der Waals surface area contributed by atoms with Crippen LogP contribution in [0.4, 0.5) is 5.69 Å². The van der Waals surface area contributed by atoms with E-state index in [4.69, 9.17) is 0 Å². The molecule has 1 aliphatic rings. The van der Waals surface area contributed by atoms with Crippen LogP contribution in [-0.2, 0) is 6.42 Å². The predicted octanol–water partition coefficient (Wildman–Crippen LogP) is 5.68. The van der Waals surface area contributed by atoms with Gasteiger partial charge in [-0.2, -0.15) is 0 Å². The van der Waals surface area contributed by atoms with Crippen LogP contribution >= 0.6 is 0 Å². The van der Waals surface area contributed by atoms with E-state index >= 15 is 0 Å². The molecule has 0 saturated heterocycles. The average Bonchev–Trinajstić information content (AvgIpc) is 2.94. The summed E-state index contributed by atoms with van der Waals surface area (Å²) < 4.78 is 0. The Bertz CT molecular complexity index is 1030. The largest absolute Gasteiger partial charge is 0.478 e. The lowest BCUT2D eigenvalue weighted by Gasteiger charge is -2.20. The first-order valence-electron chi connectivity index (χ1n) is 10.2. The summed E-state index contributed by atoms with van der Waals surface area (Å²) in [4.78, 5) is 15.5. The van der Waals surface area contributed by atoms with Gasteiger partial charge in [-0.25, -0.2) is 4.79 Å². The topological polar surface area (TPSA) is 62.2 Å². The van der Waals surface area contributed by atoms with Crippen LogP contribution in [-0.4, -0.2) is 22.6 Å². The standard InChI is InChI=1S/C25H26N2O2/c1-17-6-2-5-9-21(17)19-10-11-22-18(14-19)7-3-4-8-20(22)15-27-24-16-26-13-12-23(24)25(28)29/h2,5-6,9-14,16,20,27H,3-4,7-8,15H2,1H3,(H,28,29). The number of carboxylic acid groups (broad SMARTS) is 1. The molecular formula is C25H26N2O2. The maximum Gasteiger partial charge on any atom is 0.337 e. The smallest absolute Gasteiger partial charge is 0.337 e. The van der Waals surface area contributed by atoms with Crippen molar-refractivity contribution in [2.75, 3.05) is 11.9 Å². The molecule has 0 saturated carbocycles. The second kappa shape index (κ2) is 8.48. The van der Waals surface area contributed by atoms with Gasteiger partial charge >= 0.3 is 5.97 Å². The Hall–Kier alpha value is -3.14. The molecule has 2 N–H and O–H groups in total. The highest BCUT2D eigenvalue weighted by Crippen LogP contribution is 2.34. The maximum atomic E-state index is 11.5. The number of rotatable bonds is 5. The van der Waals surface area contributed by atoms with Crippen LogP contribution in [0.5, 0.6) is 0 Å². The summed E-state index contributed by atoms with van der Waals surface area (Å²) >= 11 is 0. The van der Waals surface area contributed by atoms with E-state index in [1.807, 2.05) is 0 Å². The Morgan fingerprint density at radius 3 is 2.86 bits per heavy atom. The van der Waals surface area contributed by atoms with Crippen LogP contribution < -0.4 is 5.32 Å². The normalized spacial score (nSPS) is 16.0. The van der Waals surface area contributed by atoms with E-state index in [0.29, 0.717) is 18.2 Å². The molecule has 2 aromatic carbocycles. The van der Waals surface area contributed by atoms with Gasteiger partial charge in [-0.1, -0.05) is 48.9 Å². The summed E-state index contributed by atoms with van der Waals surface area (Å²) in [6.45, 7) is 2.87. The van der Waals surface area contributed by atoms with Gasteiger partial charge in [-0.15, -0.1) is 0 Å². The first-order chi connectivity index (χ1) is 14.1. The van der Waals surface area contributed by atoms with Gasteiger partial charge < -0.3 is 10.4 Å². The molecule has 4 nitrogen and oxygen atoms in total. The number of hydrogen-bond donors (Lipinski definition) is 2. The Morgan fingerprint density at radius 2 is 2.03 bits per heavy atom. The second-order valence-electron chi connectivity index (χ2n) is 7.78. The third-order valence-electron chi connectivity index (χ3n) is 5.88. The van der Waals surface area contributed by atoms with Crippen LogP contribution in [0.15, 0.2) is 60.9 Å². The van der Waals surface area contributed by atoms with Crippen molar-refractivity contribution >= 4 is 11.7 Å². The zero-order valence-electron chi connectivity index (χ0n) is 16.7. The van der Waals surface area contributed by atoms with Gasteiger partial charge in [-0.05, 0) is 60.1 Å². The number of anilines is 1. The molecule has 1 aliphatic carbocycles. The van der Waals surface area contributed by atoms with E-state index in [1.165, 1.54) is 46.9 Å². The van der Waals surface area contributed by atoms with E-state index in [-0.39, 0.29) is 5.56 Å². The van der Waals surface area contributed by atoms with Crippen molar-refractivity contribution in [3.8, 4) is 11.1 Å². The molecule has 0 amide bonds. The van der Waals surface area contributed by atoms with Crippen molar-refractivity contribution in [3.63, 3.8) is 0 Å². The second-order valence-corrected chi connectivity index (χ2v) is 7.78. The van der Waals surface area contributed by atoms with Gasteiger partial charge in [-0.3, -0.25) is 4.98 Å². The molecule has 1 aromatic heterocycles. The molecule has 4 rings (SSSR count). The summed E-state index contributed by atoms with van der Waals surface area (Å²) in [5.41, 5.74) is 7.50. The van der Waals surface area contributed by atoms with Crippen LogP contribution in [0.1, 0.15) is 52.2 Å². The quantitative estimate of drug-likeness (QED) is 0.554. The van der Waals surface area contributed by atoms with E-state index < -0.39 is 5.97 Å². The zero-order chi connectivity index (χ0) is 20.2. The fraction of sp³-hybridized carbons (Fsp3) is 0.280. The molecule has 0 bridgehead atoms. The fourth-order valence-corrected chi connectivity index (χ4v) is 4.31. The number of hydrogen-bond acceptors (Lipinski definition) is 3. The fourth-order valence-electron chi connectivity index (χ4n) is 4.31. The Kier molecular flexibility index (Phi) is 5.61. The highest BCUT2D eigenvalue weighted by Gasteiger charge is 2.20. The molecule has 0 aliphatic heterocycles. The van der Waals surface area contributed by atoms with E-state index in [2.05, 4.69) is 59.7 Å². The Morgan fingerprint density at radius 1 is 1.17 bits per heavy atom. The number of fused-ring (bicyclic) bond motifs is 1. The molecule has 0 spiro atoms. The Balaban J connectivity index is 1.60. The average molecular weight is 386 g/mol. The molecule has 1 atom stereocenters. The molecule has 0 radical (unpaired) electrons. The lowest BCUT2D eigenvalue weighted by atomic mass is 9.89. The summed E-state index contributed by atoms with van der Waals surface area (Å²) in [5, 5.41) is 12.7. The summed E-state index contributed by atoms with van der Waals surface area (Å²) in [5.74, 6) is -0.570. The van der Waals surface area contributed by atoms with Gasteiger partial charge in [0.25, 0.3) is 0 Å². The van der Waals surface area contributed by atoms with Gasteiger partial charge in [0.05, 0.1) is 17.4 Å². The number of aromatic nitrogens is 1. The van der Waals surface area contributed by atoms with Crippen molar-refractivity contribution in [3.05, 3.63) is 83.2 Å². The first-order valence-corrected chi connectivity index (χ1v) is 10.2. The SMILES string of the molecule is Cc1ccccc1-c1ccc2c(c1)CCCCC2CNc1cnccc1C(=O)O. The minimum atomic E-state index is -0.931. The monoisotopic (exact) mass is 386 g/mol. The first kappa shape index (κ1) is 19.2. The number of carbonyl (C=O) groups is 1. The number of nitrogens with one attached hydrogen (secondary N) is 1. The van der Waals surface area contributed by atoms with Gasteiger partial charge in [0, 0.05) is 18.7 Å². The predicted molar refractivity (Wildman–Crippen MR) is 117 cm³/mol. The third-order valence-corrected chi connectivity index (χ3v) is 5.88. The molecule has 29 heavy (non-hydrogen) atoms. The van der Waals surface area contributed by atoms with E-state index in [1.54, 1.807) is 12.3 Å².